The first-order chi connectivity index (χ1) is 10.3. The molecule has 5 nitrogen and oxygen atoms in total. The van der Waals surface area contributed by atoms with Gasteiger partial charge in [0, 0.05) is 32.0 Å². The van der Waals surface area contributed by atoms with Crippen LogP contribution in [0.25, 0.3) is 0 Å². The lowest BCUT2D eigenvalue weighted by atomic mass is 10.0. The number of likely N-dealkylation sites (tertiary alicyclic amines) is 1. The van der Waals surface area contributed by atoms with Crippen LogP contribution in [0.1, 0.15) is 39.5 Å². The van der Waals surface area contributed by atoms with Gasteiger partial charge in [-0.25, -0.2) is 8.78 Å². The predicted molar refractivity (Wildman–Crippen MR) is 78.6 cm³/mol. The molecule has 2 fully saturated rings. The van der Waals surface area contributed by atoms with Crippen LogP contribution in [-0.4, -0.2) is 54.4 Å². The number of nitrogens with one attached hydrogen (secondary N) is 2. The molecule has 0 aromatic heterocycles. The lowest BCUT2D eigenvalue weighted by Crippen LogP contribution is -2.50. The molecule has 2 rings (SSSR count). The number of hydrogen-bond donors (Lipinski definition) is 2. The van der Waals surface area contributed by atoms with Crippen LogP contribution in [0.15, 0.2) is 0 Å². The van der Waals surface area contributed by atoms with E-state index in [1.54, 1.807) is 0 Å². The first kappa shape index (κ1) is 17.1. The van der Waals surface area contributed by atoms with Gasteiger partial charge in [-0.05, 0) is 18.8 Å². The first-order valence-electron chi connectivity index (χ1n) is 7.96. The second-order valence-electron chi connectivity index (χ2n) is 6.76. The topological polar surface area (TPSA) is 61.4 Å². The third-order valence-electron chi connectivity index (χ3n) is 4.20. The number of nitrogens with zero attached hydrogens (tertiary/aromatic N) is 1. The molecule has 0 bridgehead atoms. The third kappa shape index (κ3) is 4.63. The summed E-state index contributed by atoms with van der Waals surface area (Å²) in [6.45, 7) is 4.81. The third-order valence-corrected chi connectivity index (χ3v) is 4.20. The van der Waals surface area contributed by atoms with Crippen molar-refractivity contribution < 1.29 is 18.4 Å². The van der Waals surface area contributed by atoms with E-state index in [-0.39, 0.29) is 17.9 Å². The molecule has 0 spiro atoms. The van der Waals surface area contributed by atoms with Crippen molar-refractivity contribution in [2.45, 2.75) is 57.5 Å². The number of carbonyl (C=O) groups is 2. The Morgan fingerprint density at radius 1 is 1.32 bits per heavy atom. The SMILES string of the molecule is CC(C)CC(=O)N1CCC(NC(=O)C2CC(F)(F)CN2)CC1. The molecular formula is C15H25F2N3O2. The van der Waals surface area contributed by atoms with Crippen LogP contribution in [0, 0.1) is 5.92 Å². The van der Waals surface area contributed by atoms with Gasteiger partial charge in [-0.2, -0.15) is 0 Å². The van der Waals surface area contributed by atoms with Crippen molar-refractivity contribution in [3.63, 3.8) is 0 Å². The molecule has 2 N–H and O–H groups in total. The minimum absolute atomic E-state index is 0.0355. The van der Waals surface area contributed by atoms with Crippen LogP contribution in [0.3, 0.4) is 0 Å². The lowest BCUT2D eigenvalue weighted by Gasteiger charge is -2.33. The largest absolute Gasteiger partial charge is 0.352 e. The summed E-state index contributed by atoms with van der Waals surface area (Å²) in [5.41, 5.74) is 0. The highest BCUT2D eigenvalue weighted by molar-refractivity contribution is 5.82. The number of hydrogen-bond acceptors (Lipinski definition) is 3. The van der Waals surface area contributed by atoms with Crippen molar-refractivity contribution in [2.24, 2.45) is 5.92 Å². The minimum atomic E-state index is -2.80. The number of amides is 2. The number of piperidine rings is 1. The molecule has 126 valence electrons. The van der Waals surface area contributed by atoms with E-state index in [1.807, 2.05) is 18.7 Å². The summed E-state index contributed by atoms with van der Waals surface area (Å²) in [5, 5.41) is 5.38. The van der Waals surface area contributed by atoms with E-state index >= 15 is 0 Å². The first-order valence-corrected chi connectivity index (χ1v) is 7.96. The average Bonchev–Trinajstić information content (AvgIpc) is 2.79. The van der Waals surface area contributed by atoms with Crippen molar-refractivity contribution in [3.05, 3.63) is 0 Å². The molecule has 0 saturated carbocycles. The van der Waals surface area contributed by atoms with Gasteiger partial charge in [0.05, 0.1) is 12.6 Å². The monoisotopic (exact) mass is 317 g/mol. The Morgan fingerprint density at radius 3 is 2.45 bits per heavy atom. The van der Waals surface area contributed by atoms with E-state index < -0.39 is 24.9 Å². The number of alkyl halides is 2. The maximum atomic E-state index is 13.1. The van der Waals surface area contributed by atoms with E-state index in [2.05, 4.69) is 10.6 Å². The highest BCUT2D eigenvalue weighted by Crippen LogP contribution is 2.25. The predicted octanol–water partition coefficient (Wildman–Crippen LogP) is 1.14. The van der Waals surface area contributed by atoms with Gasteiger partial charge in [0.2, 0.25) is 11.8 Å². The molecule has 2 amide bonds. The van der Waals surface area contributed by atoms with Gasteiger partial charge in [-0.3, -0.25) is 14.9 Å². The maximum Gasteiger partial charge on any atom is 0.262 e. The van der Waals surface area contributed by atoms with Crippen LogP contribution >= 0.6 is 0 Å². The lowest BCUT2D eigenvalue weighted by molar-refractivity contribution is -0.133. The molecule has 2 aliphatic rings. The normalized spacial score (nSPS) is 25.5. The van der Waals surface area contributed by atoms with E-state index in [1.165, 1.54) is 0 Å². The fourth-order valence-electron chi connectivity index (χ4n) is 2.95. The highest BCUT2D eigenvalue weighted by atomic mass is 19.3. The Labute approximate surface area is 129 Å². The van der Waals surface area contributed by atoms with Crippen molar-refractivity contribution in [1.82, 2.24) is 15.5 Å². The Morgan fingerprint density at radius 2 is 1.95 bits per heavy atom. The summed E-state index contributed by atoms with van der Waals surface area (Å²) in [7, 11) is 0. The van der Waals surface area contributed by atoms with Crippen LogP contribution in [-0.2, 0) is 9.59 Å². The summed E-state index contributed by atoms with van der Waals surface area (Å²) in [5.74, 6) is -2.67. The molecular weight excluding hydrogens is 292 g/mol. The maximum absolute atomic E-state index is 13.1. The molecule has 0 aromatic rings. The quantitative estimate of drug-likeness (QED) is 0.817. The molecule has 0 radical (unpaired) electrons. The number of carbonyl (C=O) groups excluding carboxylic acids is 2. The number of rotatable bonds is 4. The van der Waals surface area contributed by atoms with Crippen LogP contribution < -0.4 is 10.6 Å². The molecule has 7 heteroatoms. The fraction of sp³-hybridized carbons (Fsp3) is 0.867. The highest BCUT2D eigenvalue weighted by Gasteiger charge is 2.42. The van der Waals surface area contributed by atoms with Crippen molar-refractivity contribution >= 4 is 11.8 Å². The smallest absolute Gasteiger partial charge is 0.262 e. The Bertz CT molecular complexity index is 421. The molecule has 1 unspecified atom stereocenters. The van der Waals surface area contributed by atoms with Gasteiger partial charge in [-0.15, -0.1) is 0 Å². The standard InChI is InChI=1S/C15H25F2N3O2/c1-10(2)7-13(21)20-5-3-11(4-6-20)19-14(22)12-8-15(16,17)9-18-12/h10-12,18H,3-9H2,1-2H3,(H,19,22). The molecule has 2 saturated heterocycles. The molecule has 0 aliphatic carbocycles. The molecule has 2 heterocycles. The van der Waals surface area contributed by atoms with Gasteiger partial charge in [0.15, 0.2) is 0 Å². The van der Waals surface area contributed by atoms with Gasteiger partial charge >= 0.3 is 0 Å². The van der Waals surface area contributed by atoms with E-state index in [0.29, 0.717) is 38.3 Å². The Kier molecular flexibility index (Phi) is 5.36. The van der Waals surface area contributed by atoms with Gasteiger partial charge in [0.25, 0.3) is 5.92 Å². The zero-order valence-corrected chi connectivity index (χ0v) is 13.2. The molecule has 2 aliphatic heterocycles. The van der Waals surface area contributed by atoms with Crippen molar-refractivity contribution in [2.75, 3.05) is 19.6 Å². The fourth-order valence-corrected chi connectivity index (χ4v) is 2.95. The molecule has 1 atom stereocenters. The summed E-state index contributed by atoms with van der Waals surface area (Å²) in [4.78, 5) is 25.8. The van der Waals surface area contributed by atoms with E-state index in [4.69, 9.17) is 0 Å². The second kappa shape index (κ2) is 6.89. The van der Waals surface area contributed by atoms with E-state index in [0.717, 1.165) is 0 Å². The van der Waals surface area contributed by atoms with Crippen molar-refractivity contribution in [1.29, 1.82) is 0 Å². The van der Waals surface area contributed by atoms with Crippen LogP contribution in [0.4, 0.5) is 8.78 Å². The van der Waals surface area contributed by atoms with Gasteiger partial charge in [-0.1, -0.05) is 13.8 Å². The molecule has 22 heavy (non-hydrogen) atoms. The number of halogens is 2. The van der Waals surface area contributed by atoms with Crippen LogP contribution in [0.5, 0.6) is 0 Å². The minimum Gasteiger partial charge on any atom is -0.352 e. The Balaban J connectivity index is 1.73. The van der Waals surface area contributed by atoms with Crippen molar-refractivity contribution in [3.8, 4) is 0 Å². The van der Waals surface area contributed by atoms with E-state index in [9.17, 15) is 18.4 Å². The summed E-state index contributed by atoms with van der Waals surface area (Å²) < 4.78 is 26.2. The zero-order chi connectivity index (χ0) is 16.3. The molecule has 0 aromatic carbocycles. The average molecular weight is 317 g/mol. The van der Waals surface area contributed by atoms with Gasteiger partial charge in [0.1, 0.15) is 0 Å². The van der Waals surface area contributed by atoms with Crippen LogP contribution in [0.2, 0.25) is 0 Å². The zero-order valence-electron chi connectivity index (χ0n) is 13.2. The summed E-state index contributed by atoms with van der Waals surface area (Å²) in [6, 6.07) is -0.845. The Hall–Kier alpha value is -1.24. The second-order valence-corrected chi connectivity index (χ2v) is 6.76. The van der Waals surface area contributed by atoms with Gasteiger partial charge < -0.3 is 10.2 Å². The summed E-state index contributed by atoms with van der Waals surface area (Å²) in [6.07, 6.45) is 1.46. The summed E-state index contributed by atoms with van der Waals surface area (Å²) >= 11 is 0.